The van der Waals surface area contributed by atoms with Crippen LogP contribution < -0.4 is 5.73 Å². The Bertz CT molecular complexity index is 249. The summed E-state index contributed by atoms with van der Waals surface area (Å²) in [7, 11) is -1.57. The Kier molecular flexibility index (Phi) is 5.63. The monoisotopic (exact) mass is 223 g/mol. The Labute approximate surface area is 86.7 Å². The number of sulfone groups is 1. The molecule has 0 saturated heterocycles. The van der Waals surface area contributed by atoms with Crippen molar-refractivity contribution in [3.05, 3.63) is 0 Å². The molecule has 0 rings (SSSR count). The van der Waals surface area contributed by atoms with E-state index in [0.29, 0.717) is 0 Å². The third-order valence-electron chi connectivity index (χ3n) is 2.33. The first kappa shape index (κ1) is 13.9. The smallest absolute Gasteiger partial charge is 0.154 e. The van der Waals surface area contributed by atoms with E-state index in [0.717, 1.165) is 0 Å². The van der Waals surface area contributed by atoms with Crippen molar-refractivity contribution >= 4 is 9.84 Å². The van der Waals surface area contributed by atoms with Crippen LogP contribution in [0.5, 0.6) is 0 Å². The van der Waals surface area contributed by atoms with Gasteiger partial charge < -0.3 is 10.5 Å². The maximum absolute atomic E-state index is 11.7. The van der Waals surface area contributed by atoms with Gasteiger partial charge >= 0.3 is 0 Å². The zero-order valence-electron chi connectivity index (χ0n) is 9.36. The van der Waals surface area contributed by atoms with Crippen LogP contribution >= 0.6 is 0 Å². The average molecular weight is 223 g/mol. The van der Waals surface area contributed by atoms with Crippen LogP contribution in [0, 0.1) is 5.92 Å². The van der Waals surface area contributed by atoms with Crippen LogP contribution in [0.1, 0.15) is 20.8 Å². The summed E-state index contributed by atoms with van der Waals surface area (Å²) in [5.74, 6) is 0.120. The highest BCUT2D eigenvalue weighted by Gasteiger charge is 2.25. The van der Waals surface area contributed by atoms with Crippen molar-refractivity contribution in [2.45, 2.75) is 32.1 Å². The van der Waals surface area contributed by atoms with E-state index in [1.807, 2.05) is 13.8 Å². The molecular formula is C9H21NO3S. The van der Waals surface area contributed by atoms with Gasteiger partial charge in [0.2, 0.25) is 0 Å². The van der Waals surface area contributed by atoms with Crippen LogP contribution in [0.3, 0.4) is 0 Å². The molecule has 0 aliphatic rings. The number of hydrogen-bond acceptors (Lipinski definition) is 4. The SMILES string of the molecule is COCC(N)CS(=O)(=O)C(C)C(C)C. The Morgan fingerprint density at radius 1 is 1.29 bits per heavy atom. The van der Waals surface area contributed by atoms with E-state index in [9.17, 15) is 8.42 Å². The van der Waals surface area contributed by atoms with Crippen molar-refractivity contribution in [3.63, 3.8) is 0 Å². The van der Waals surface area contributed by atoms with Gasteiger partial charge in [-0.15, -0.1) is 0 Å². The Morgan fingerprint density at radius 3 is 2.14 bits per heavy atom. The molecule has 0 spiro atoms. The van der Waals surface area contributed by atoms with E-state index in [2.05, 4.69) is 0 Å². The lowest BCUT2D eigenvalue weighted by Crippen LogP contribution is -2.38. The first-order valence-corrected chi connectivity index (χ1v) is 6.49. The van der Waals surface area contributed by atoms with Gasteiger partial charge in [0.05, 0.1) is 17.6 Å². The zero-order valence-corrected chi connectivity index (χ0v) is 10.2. The molecule has 0 aromatic carbocycles. The van der Waals surface area contributed by atoms with Crippen LogP contribution in [0.15, 0.2) is 0 Å². The Hall–Kier alpha value is -0.130. The van der Waals surface area contributed by atoms with Crippen molar-refractivity contribution in [3.8, 4) is 0 Å². The molecule has 0 bridgehead atoms. The van der Waals surface area contributed by atoms with Gasteiger partial charge in [-0.1, -0.05) is 13.8 Å². The molecule has 0 fully saturated rings. The molecule has 0 heterocycles. The normalized spacial score (nSPS) is 17.0. The highest BCUT2D eigenvalue weighted by atomic mass is 32.2. The minimum atomic E-state index is -3.09. The van der Waals surface area contributed by atoms with E-state index in [1.54, 1.807) is 6.92 Å². The van der Waals surface area contributed by atoms with Crippen molar-refractivity contribution in [2.24, 2.45) is 11.7 Å². The topological polar surface area (TPSA) is 69.4 Å². The number of ether oxygens (including phenoxy) is 1. The van der Waals surface area contributed by atoms with E-state index in [1.165, 1.54) is 7.11 Å². The minimum absolute atomic E-state index is 0.000185. The van der Waals surface area contributed by atoms with Crippen LogP contribution in [-0.4, -0.2) is 39.2 Å². The largest absolute Gasteiger partial charge is 0.383 e. The summed E-state index contributed by atoms with van der Waals surface area (Å²) in [5.41, 5.74) is 5.60. The highest BCUT2D eigenvalue weighted by Crippen LogP contribution is 2.12. The zero-order chi connectivity index (χ0) is 11.4. The molecule has 4 nitrogen and oxygen atoms in total. The summed E-state index contributed by atoms with van der Waals surface area (Å²) in [5, 5.41) is -0.342. The maximum atomic E-state index is 11.7. The highest BCUT2D eigenvalue weighted by molar-refractivity contribution is 7.92. The van der Waals surface area contributed by atoms with Crippen molar-refractivity contribution < 1.29 is 13.2 Å². The lowest BCUT2D eigenvalue weighted by molar-refractivity contribution is 0.185. The molecule has 2 unspecified atom stereocenters. The van der Waals surface area contributed by atoms with Crippen LogP contribution in [0.25, 0.3) is 0 Å². The van der Waals surface area contributed by atoms with Crippen molar-refractivity contribution in [2.75, 3.05) is 19.5 Å². The second kappa shape index (κ2) is 5.68. The van der Waals surface area contributed by atoms with Crippen molar-refractivity contribution in [1.82, 2.24) is 0 Å². The number of rotatable bonds is 6. The molecule has 5 heteroatoms. The number of hydrogen-bond donors (Lipinski definition) is 1. The van der Waals surface area contributed by atoms with E-state index in [-0.39, 0.29) is 23.5 Å². The Morgan fingerprint density at radius 2 is 1.79 bits per heavy atom. The lowest BCUT2D eigenvalue weighted by Gasteiger charge is -2.18. The van der Waals surface area contributed by atoms with Gasteiger partial charge in [-0.25, -0.2) is 8.42 Å². The van der Waals surface area contributed by atoms with Gasteiger partial charge in [-0.2, -0.15) is 0 Å². The fourth-order valence-corrected chi connectivity index (χ4v) is 2.95. The maximum Gasteiger partial charge on any atom is 0.154 e. The molecule has 0 saturated carbocycles. The van der Waals surface area contributed by atoms with Gasteiger partial charge in [-0.3, -0.25) is 0 Å². The molecule has 0 aliphatic carbocycles. The van der Waals surface area contributed by atoms with Crippen LogP contribution in [0.2, 0.25) is 0 Å². The summed E-state index contributed by atoms with van der Waals surface area (Å²) in [6.07, 6.45) is 0. The van der Waals surface area contributed by atoms with Gasteiger partial charge in [0.1, 0.15) is 0 Å². The minimum Gasteiger partial charge on any atom is -0.383 e. The molecule has 0 amide bonds. The van der Waals surface area contributed by atoms with Gasteiger partial charge in [0.15, 0.2) is 9.84 Å². The van der Waals surface area contributed by atoms with E-state index >= 15 is 0 Å². The summed E-state index contributed by atoms with van der Waals surface area (Å²) < 4.78 is 28.2. The summed E-state index contributed by atoms with van der Waals surface area (Å²) >= 11 is 0. The average Bonchev–Trinajstić information content (AvgIpc) is 2.02. The molecule has 86 valence electrons. The van der Waals surface area contributed by atoms with Crippen molar-refractivity contribution in [1.29, 1.82) is 0 Å². The fraction of sp³-hybridized carbons (Fsp3) is 1.00. The van der Waals surface area contributed by atoms with E-state index < -0.39 is 15.9 Å². The van der Waals surface area contributed by atoms with Crippen LogP contribution in [0.4, 0.5) is 0 Å². The standard InChI is InChI=1S/C9H21NO3S/c1-7(2)8(3)14(11,12)6-9(10)5-13-4/h7-9H,5-6,10H2,1-4H3. The molecule has 0 aromatic rings. The second-order valence-electron chi connectivity index (χ2n) is 3.99. The number of methoxy groups -OCH3 is 1. The van der Waals surface area contributed by atoms with Gasteiger partial charge in [-0.05, 0) is 12.8 Å². The quantitative estimate of drug-likeness (QED) is 0.708. The molecule has 0 radical (unpaired) electrons. The fourth-order valence-electron chi connectivity index (χ4n) is 1.13. The molecule has 2 atom stereocenters. The van der Waals surface area contributed by atoms with Crippen LogP contribution in [-0.2, 0) is 14.6 Å². The number of nitrogens with two attached hydrogens (primary N) is 1. The van der Waals surface area contributed by atoms with Gasteiger partial charge in [0.25, 0.3) is 0 Å². The first-order valence-electron chi connectivity index (χ1n) is 4.77. The molecule has 0 aromatic heterocycles. The molecular weight excluding hydrogens is 202 g/mol. The summed E-state index contributed by atoms with van der Waals surface area (Å²) in [6.45, 7) is 5.79. The van der Waals surface area contributed by atoms with E-state index in [4.69, 9.17) is 10.5 Å². The third-order valence-corrected chi connectivity index (χ3v) is 4.90. The Balaban J connectivity index is 4.34. The van der Waals surface area contributed by atoms with Gasteiger partial charge in [0, 0.05) is 13.2 Å². The third kappa shape index (κ3) is 4.39. The lowest BCUT2D eigenvalue weighted by atomic mass is 10.2. The summed E-state index contributed by atoms with van der Waals surface area (Å²) in [6, 6.07) is -0.425. The predicted octanol–water partition coefficient (Wildman–Crippen LogP) is 0.419. The second-order valence-corrected chi connectivity index (χ2v) is 6.40. The molecule has 14 heavy (non-hydrogen) atoms. The molecule has 0 aliphatic heterocycles. The predicted molar refractivity (Wildman–Crippen MR) is 57.9 cm³/mol. The summed E-state index contributed by atoms with van der Waals surface area (Å²) in [4.78, 5) is 0. The molecule has 2 N–H and O–H groups in total. The first-order chi connectivity index (χ1) is 6.31.